The van der Waals surface area contributed by atoms with Crippen LogP contribution < -0.4 is 10.3 Å². The van der Waals surface area contributed by atoms with E-state index in [-0.39, 0.29) is 36.2 Å². The summed E-state index contributed by atoms with van der Waals surface area (Å²) in [5.41, 5.74) is 3.37. The lowest BCUT2D eigenvalue weighted by Crippen LogP contribution is -2.36. The van der Waals surface area contributed by atoms with E-state index in [1.807, 2.05) is 32.0 Å². The Balaban J connectivity index is 1.55. The van der Waals surface area contributed by atoms with Crippen LogP contribution in [0.1, 0.15) is 23.3 Å². The molecule has 0 saturated carbocycles. The number of rotatable bonds is 4. The first-order valence-corrected chi connectivity index (χ1v) is 10.2. The molecular formula is C22H19FN4O2S. The minimum Gasteiger partial charge on any atom is -0.297 e. The molecule has 152 valence electrons. The van der Waals surface area contributed by atoms with Crippen molar-refractivity contribution in [2.45, 2.75) is 26.7 Å². The topological polar surface area (TPSA) is 74.7 Å². The number of nitrogens with zero attached hydrogens (tertiary/aromatic N) is 3. The molecule has 0 aliphatic carbocycles. The number of aryl methyl sites for hydroxylation is 2. The third-order valence-corrected chi connectivity index (χ3v) is 5.56. The predicted molar refractivity (Wildman–Crippen MR) is 116 cm³/mol. The van der Waals surface area contributed by atoms with Crippen LogP contribution in [0.3, 0.4) is 0 Å². The molecule has 4 rings (SSSR count). The number of carbonyl (C=O) groups is 2. The second kappa shape index (κ2) is 8.16. The molecule has 2 aromatic carbocycles. The van der Waals surface area contributed by atoms with Gasteiger partial charge in [0, 0.05) is 23.3 Å². The number of benzene rings is 2. The molecule has 0 bridgehead atoms. The Morgan fingerprint density at radius 3 is 2.63 bits per heavy atom. The SMILES string of the molecule is Cc1cccc(N2N=C(C(=O)Nc3nc(-c4ccc(F)cc4)c(C)s3)CCC2=O)c1. The van der Waals surface area contributed by atoms with Crippen LogP contribution in [0.2, 0.25) is 0 Å². The van der Waals surface area contributed by atoms with Crippen molar-refractivity contribution in [1.29, 1.82) is 0 Å². The van der Waals surface area contributed by atoms with Crippen LogP contribution in [0, 0.1) is 19.7 Å². The third-order valence-electron chi connectivity index (χ3n) is 4.68. The highest BCUT2D eigenvalue weighted by atomic mass is 32.1. The normalized spacial score (nSPS) is 13.9. The van der Waals surface area contributed by atoms with E-state index in [1.165, 1.54) is 28.5 Å². The van der Waals surface area contributed by atoms with Crippen molar-refractivity contribution in [1.82, 2.24) is 4.98 Å². The summed E-state index contributed by atoms with van der Waals surface area (Å²) in [6.45, 7) is 3.82. The summed E-state index contributed by atoms with van der Waals surface area (Å²) in [5.74, 6) is -0.858. The van der Waals surface area contributed by atoms with Gasteiger partial charge in [0.25, 0.3) is 5.91 Å². The molecule has 2 amide bonds. The fourth-order valence-electron chi connectivity index (χ4n) is 3.17. The molecule has 1 N–H and O–H groups in total. The maximum absolute atomic E-state index is 13.2. The second-order valence-electron chi connectivity index (χ2n) is 6.98. The summed E-state index contributed by atoms with van der Waals surface area (Å²) in [6.07, 6.45) is 0.472. The standard InChI is InChI=1S/C22H19FN4O2S/c1-13-4-3-5-17(12-13)27-19(28)11-10-18(26-27)21(29)25-22-24-20(14(2)30-22)15-6-8-16(23)9-7-15/h3-9,12H,10-11H2,1-2H3,(H,24,25,29). The monoisotopic (exact) mass is 422 g/mol. The summed E-state index contributed by atoms with van der Waals surface area (Å²) in [4.78, 5) is 30.4. The lowest BCUT2D eigenvalue weighted by molar-refractivity contribution is -0.118. The summed E-state index contributed by atoms with van der Waals surface area (Å²) in [6, 6.07) is 13.5. The van der Waals surface area contributed by atoms with Crippen molar-refractivity contribution in [3.05, 3.63) is 64.8 Å². The first kappa shape index (κ1) is 19.9. The van der Waals surface area contributed by atoms with Gasteiger partial charge in [0.15, 0.2) is 5.13 Å². The zero-order valence-corrected chi connectivity index (χ0v) is 17.3. The predicted octanol–water partition coefficient (Wildman–Crippen LogP) is 4.69. The molecule has 1 aromatic heterocycles. The van der Waals surface area contributed by atoms with E-state index >= 15 is 0 Å². The zero-order valence-electron chi connectivity index (χ0n) is 16.5. The molecule has 1 aliphatic rings. The third kappa shape index (κ3) is 4.13. The van der Waals surface area contributed by atoms with Crippen molar-refractivity contribution in [2.24, 2.45) is 5.10 Å². The fraction of sp³-hybridized carbons (Fsp3) is 0.182. The Labute approximate surface area is 177 Å². The largest absolute Gasteiger partial charge is 0.297 e. The molecule has 0 fully saturated rings. The molecule has 30 heavy (non-hydrogen) atoms. The summed E-state index contributed by atoms with van der Waals surface area (Å²) in [7, 11) is 0. The summed E-state index contributed by atoms with van der Waals surface area (Å²) in [5, 5.41) is 8.78. The highest BCUT2D eigenvalue weighted by Crippen LogP contribution is 2.30. The van der Waals surface area contributed by atoms with Crippen LogP contribution in [0.5, 0.6) is 0 Å². The van der Waals surface area contributed by atoms with E-state index in [1.54, 1.807) is 18.2 Å². The number of aromatic nitrogens is 1. The van der Waals surface area contributed by atoms with Gasteiger partial charge in [-0.05, 0) is 55.8 Å². The van der Waals surface area contributed by atoms with Crippen LogP contribution in [0.15, 0.2) is 53.6 Å². The van der Waals surface area contributed by atoms with Crippen molar-refractivity contribution in [3.63, 3.8) is 0 Å². The molecule has 0 spiro atoms. The zero-order chi connectivity index (χ0) is 21.3. The molecule has 0 radical (unpaired) electrons. The van der Waals surface area contributed by atoms with Gasteiger partial charge in [-0.2, -0.15) is 5.10 Å². The molecule has 6 nitrogen and oxygen atoms in total. The van der Waals surface area contributed by atoms with E-state index in [0.29, 0.717) is 16.5 Å². The Morgan fingerprint density at radius 2 is 1.90 bits per heavy atom. The van der Waals surface area contributed by atoms with E-state index in [2.05, 4.69) is 15.4 Å². The quantitative estimate of drug-likeness (QED) is 0.663. The summed E-state index contributed by atoms with van der Waals surface area (Å²) >= 11 is 1.33. The first-order valence-electron chi connectivity index (χ1n) is 9.42. The molecule has 2 heterocycles. The summed E-state index contributed by atoms with van der Waals surface area (Å²) < 4.78 is 13.2. The van der Waals surface area contributed by atoms with Crippen LogP contribution >= 0.6 is 11.3 Å². The van der Waals surface area contributed by atoms with Gasteiger partial charge < -0.3 is 0 Å². The number of halogens is 1. The molecule has 0 saturated heterocycles. The van der Waals surface area contributed by atoms with Crippen molar-refractivity contribution < 1.29 is 14.0 Å². The number of hydrazone groups is 1. The average molecular weight is 422 g/mol. The van der Waals surface area contributed by atoms with Crippen molar-refractivity contribution in [2.75, 3.05) is 10.3 Å². The van der Waals surface area contributed by atoms with E-state index in [0.717, 1.165) is 16.0 Å². The Hall–Kier alpha value is -3.39. The number of amides is 2. The number of anilines is 2. The van der Waals surface area contributed by atoms with Crippen LogP contribution in [0.4, 0.5) is 15.2 Å². The maximum atomic E-state index is 13.2. The highest BCUT2D eigenvalue weighted by Gasteiger charge is 2.26. The Bertz CT molecular complexity index is 1150. The smallest absolute Gasteiger partial charge is 0.273 e. The van der Waals surface area contributed by atoms with E-state index < -0.39 is 0 Å². The lowest BCUT2D eigenvalue weighted by atomic mass is 10.1. The molecule has 3 aromatic rings. The van der Waals surface area contributed by atoms with Gasteiger partial charge >= 0.3 is 0 Å². The number of hydrogen-bond acceptors (Lipinski definition) is 5. The van der Waals surface area contributed by atoms with E-state index in [4.69, 9.17) is 0 Å². The van der Waals surface area contributed by atoms with Gasteiger partial charge in [-0.25, -0.2) is 14.4 Å². The minimum absolute atomic E-state index is 0.152. The van der Waals surface area contributed by atoms with Crippen LogP contribution in [-0.2, 0) is 9.59 Å². The average Bonchev–Trinajstić information content (AvgIpc) is 3.08. The number of thiazole rings is 1. The van der Waals surface area contributed by atoms with Crippen molar-refractivity contribution in [3.8, 4) is 11.3 Å². The Kier molecular flexibility index (Phi) is 5.41. The highest BCUT2D eigenvalue weighted by molar-refractivity contribution is 7.16. The van der Waals surface area contributed by atoms with Gasteiger partial charge in [-0.1, -0.05) is 12.1 Å². The fourth-order valence-corrected chi connectivity index (χ4v) is 4.00. The van der Waals surface area contributed by atoms with Crippen LogP contribution in [0.25, 0.3) is 11.3 Å². The number of nitrogens with one attached hydrogen (secondary N) is 1. The molecule has 8 heteroatoms. The molecular weight excluding hydrogens is 403 g/mol. The van der Waals surface area contributed by atoms with Crippen molar-refractivity contribution >= 4 is 39.7 Å². The maximum Gasteiger partial charge on any atom is 0.273 e. The Morgan fingerprint density at radius 1 is 1.13 bits per heavy atom. The van der Waals surface area contributed by atoms with Gasteiger partial charge in [-0.15, -0.1) is 11.3 Å². The van der Waals surface area contributed by atoms with Gasteiger partial charge in [0.05, 0.1) is 11.4 Å². The lowest BCUT2D eigenvalue weighted by Gasteiger charge is -2.23. The first-order chi connectivity index (χ1) is 14.4. The van der Waals surface area contributed by atoms with Gasteiger partial charge in [0.1, 0.15) is 11.5 Å². The van der Waals surface area contributed by atoms with Crippen LogP contribution in [-0.4, -0.2) is 22.5 Å². The minimum atomic E-state index is -0.389. The molecule has 0 atom stereocenters. The number of hydrogen-bond donors (Lipinski definition) is 1. The van der Waals surface area contributed by atoms with Gasteiger partial charge in [0.2, 0.25) is 5.91 Å². The second-order valence-corrected chi connectivity index (χ2v) is 8.18. The molecule has 1 aliphatic heterocycles. The number of carbonyl (C=O) groups excluding carboxylic acids is 2. The van der Waals surface area contributed by atoms with Gasteiger partial charge in [-0.3, -0.25) is 14.9 Å². The van der Waals surface area contributed by atoms with E-state index in [9.17, 15) is 14.0 Å². The molecule has 0 unspecified atom stereocenters.